The fraction of sp³-hybridized carbons (Fsp3) is 0.692. The number of morpholine rings is 1. The van der Waals surface area contributed by atoms with Crippen molar-refractivity contribution < 1.29 is 19.1 Å². The molecule has 1 heterocycles. The monoisotopic (exact) mass is 283 g/mol. The first-order valence-electron chi connectivity index (χ1n) is 6.47. The van der Waals surface area contributed by atoms with Crippen molar-refractivity contribution >= 4 is 12.0 Å². The van der Waals surface area contributed by atoms with E-state index in [1.165, 1.54) is 6.08 Å². The van der Waals surface area contributed by atoms with Gasteiger partial charge in [-0.05, 0) is 27.7 Å². The van der Waals surface area contributed by atoms with Gasteiger partial charge in [0.15, 0.2) is 0 Å². The Morgan fingerprint density at radius 1 is 1.20 bits per heavy atom. The molecular weight excluding hydrogens is 262 g/mol. The molecule has 1 aliphatic rings. The first-order chi connectivity index (χ1) is 9.28. The fourth-order valence-electron chi connectivity index (χ4n) is 1.48. The molecule has 1 saturated heterocycles. The van der Waals surface area contributed by atoms with Gasteiger partial charge >= 0.3 is 6.09 Å². The molecule has 0 radical (unpaired) electrons. The van der Waals surface area contributed by atoms with E-state index >= 15 is 0 Å². The van der Waals surface area contributed by atoms with Crippen molar-refractivity contribution in [2.75, 3.05) is 26.3 Å². The number of carbonyl (C=O) groups excluding carboxylic acids is 2. The maximum atomic E-state index is 11.9. The summed E-state index contributed by atoms with van der Waals surface area (Å²) >= 11 is 0. The van der Waals surface area contributed by atoms with Gasteiger partial charge in [0.05, 0.1) is 18.9 Å². The Morgan fingerprint density at radius 3 is 2.35 bits per heavy atom. The second kappa shape index (κ2) is 7.14. The highest BCUT2D eigenvalue weighted by Crippen LogP contribution is 2.09. The molecule has 7 heteroatoms. The standard InChI is InChI=1S/C13H21N3O4/c1-10(14-15-12(18)20-13(2,3)4)9-11(17)16-5-7-19-8-6-16/h9H,5-8H2,1-4H3/b10-9+,15-14?. The summed E-state index contributed by atoms with van der Waals surface area (Å²) in [7, 11) is 0. The lowest BCUT2D eigenvalue weighted by Crippen LogP contribution is -2.39. The Bertz CT molecular complexity index is 418. The van der Waals surface area contributed by atoms with E-state index in [4.69, 9.17) is 9.47 Å². The van der Waals surface area contributed by atoms with Crippen molar-refractivity contribution in [3.8, 4) is 0 Å². The third-order valence-corrected chi connectivity index (χ3v) is 2.34. The lowest BCUT2D eigenvalue weighted by atomic mass is 10.2. The summed E-state index contributed by atoms with van der Waals surface area (Å²) in [5, 5.41) is 7.08. The minimum Gasteiger partial charge on any atom is -0.441 e. The van der Waals surface area contributed by atoms with Gasteiger partial charge in [-0.1, -0.05) is 5.11 Å². The minimum absolute atomic E-state index is 0.158. The van der Waals surface area contributed by atoms with E-state index in [0.717, 1.165) is 0 Å². The molecule has 0 aliphatic carbocycles. The Hall–Kier alpha value is -1.76. The number of rotatable bonds is 2. The molecule has 1 aliphatic heterocycles. The van der Waals surface area contributed by atoms with Crippen LogP contribution in [0, 0.1) is 0 Å². The van der Waals surface area contributed by atoms with Gasteiger partial charge in [-0.15, -0.1) is 5.11 Å². The van der Waals surface area contributed by atoms with Gasteiger partial charge in [0.1, 0.15) is 5.60 Å². The summed E-state index contributed by atoms with van der Waals surface area (Å²) in [4.78, 5) is 24.8. The predicted molar refractivity (Wildman–Crippen MR) is 72.2 cm³/mol. The molecule has 0 aromatic heterocycles. The molecule has 0 atom stereocenters. The van der Waals surface area contributed by atoms with Crippen molar-refractivity contribution in [3.63, 3.8) is 0 Å². The lowest BCUT2D eigenvalue weighted by molar-refractivity contribution is -0.130. The second-order valence-corrected chi connectivity index (χ2v) is 5.40. The normalized spacial score (nSPS) is 17.4. The van der Waals surface area contributed by atoms with E-state index in [-0.39, 0.29) is 5.91 Å². The number of azo groups is 1. The van der Waals surface area contributed by atoms with E-state index in [2.05, 4.69) is 10.2 Å². The smallest absolute Gasteiger partial charge is 0.441 e. The fourth-order valence-corrected chi connectivity index (χ4v) is 1.48. The number of nitrogens with zero attached hydrogens (tertiary/aromatic N) is 3. The van der Waals surface area contributed by atoms with Crippen molar-refractivity contribution in [2.24, 2.45) is 10.2 Å². The Kier molecular flexibility index (Phi) is 5.82. The summed E-state index contributed by atoms with van der Waals surface area (Å²) in [5.41, 5.74) is -0.260. The van der Waals surface area contributed by atoms with Crippen LogP contribution in [0.5, 0.6) is 0 Å². The lowest BCUT2D eigenvalue weighted by Gasteiger charge is -2.25. The van der Waals surface area contributed by atoms with Gasteiger partial charge in [0.25, 0.3) is 0 Å². The van der Waals surface area contributed by atoms with Crippen LogP contribution in [0.3, 0.4) is 0 Å². The maximum absolute atomic E-state index is 11.9. The molecule has 1 rings (SSSR count). The highest BCUT2D eigenvalue weighted by molar-refractivity contribution is 5.88. The first-order valence-corrected chi connectivity index (χ1v) is 6.47. The van der Waals surface area contributed by atoms with Crippen LogP contribution in [0.15, 0.2) is 22.0 Å². The zero-order valence-electron chi connectivity index (χ0n) is 12.4. The van der Waals surface area contributed by atoms with Crippen LogP contribution < -0.4 is 0 Å². The molecule has 0 aromatic rings. The van der Waals surface area contributed by atoms with E-state index in [0.29, 0.717) is 32.0 Å². The average molecular weight is 283 g/mol. The van der Waals surface area contributed by atoms with Gasteiger partial charge in [-0.3, -0.25) is 4.79 Å². The zero-order valence-corrected chi connectivity index (χ0v) is 12.4. The molecule has 1 fully saturated rings. The summed E-state index contributed by atoms with van der Waals surface area (Å²) < 4.78 is 10.1. The molecular formula is C13H21N3O4. The predicted octanol–water partition coefficient (Wildman–Crippen LogP) is 2.14. The molecule has 0 N–H and O–H groups in total. The topological polar surface area (TPSA) is 80.6 Å². The molecule has 0 spiro atoms. The van der Waals surface area contributed by atoms with Crippen molar-refractivity contribution in [3.05, 3.63) is 11.8 Å². The summed E-state index contributed by atoms with van der Waals surface area (Å²) in [6.07, 6.45) is 0.572. The average Bonchev–Trinajstić information content (AvgIpc) is 2.35. The van der Waals surface area contributed by atoms with E-state index < -0.39 is 11.7 Å². The third kappa shape index (κ3) is 6.42. The maximum Gasteiger partial charge on any atom is 0.452 e. The molecule has 7 nitrogen and oxygen atoms in total. The van der Waals surface area contributed by atoms with Gasteiger partial charge < -0.3 is 14.4 Å². The summed E-state index contributed by atoms with van der Waals surface area (Å²) in [6, 6.07) is 0. The van der Waals surface area contributed by atoms with Crippen molar-refractivity contribution in [2.45, 2.75) is 33.3 Å². The third-order valence-electron chi connectivity index (χ3n) is 2.34. The zero-order chi connectivity index (χ0) is 15.2. The van der Waals surface area contributed by atoms with Crippen LogP contribution >= 0.6 is 0 Å². The van der Waals surface area contributed by atoms with E-state index in [9.17, 15) is 9.59 Å². The van der Waals surface area contributed by atoms with Gasteiger partial charge in [0, 0.05) is 19.2 Å². The second-order valence-electron chi connectivity index (χ2n) is 5.40. The van der Waals surface area contributed by atoms with Crippen LogP contribution in [0.4, 0.5) is 4.79 Å². The first kappa shape index (κ1) is 16.3. The van der Waals surface area contributed by atoms with Crippen molar-refractivity contribution in [1.29, 1.82) is 0 Å². The van der Waals surface area contributed by atoms with E-state index in [1.54, 1.807) is 32.6 Å². The van der Waals surface area contributed by atoms with Crippen LogP contribution in [0.25, 0.3) is 0 Å². The largest absolute Gasteiger partial charge is 0.452 e. The van der Waals surface area contributed by atoms with Crippen LogP contribution in [0.1, 0.15) is 27.7 Å². The van der Waals surface area contributed by atoms with Crippen LogP contribution in [-0.4, -0.2) is 48.8 Å². The van der Waals surface area contributed by atoms with E-state index in [1.807, 2.05) is 0 Å². The number of ether oxygens (including phenoxy) is 2. The Balaban J connectivity index is 2.51. The van der Waals surface area contributed by atoms with Gasteiger partial charge in [-0.25, -0.2) is 4.79 Å². The molecule has 0 bridgehead atoms. The molecule has 0 saturated carbocycles. The molecule has 2 amide bonds. The SMILES string of the molecule is C/C(=C\C(=O)N1CCOCC1)N=NC(=O)OC(C)(C)C. The van der Waals surface area contributed by atoms with Crippen molar-refractivity contribution in [1.82, 2.24) is 4.90 Å². The summed E-state index contributed by atoms with van der Waals surface area (Å²) in [6.45, 7) is 9.03. The Labute approximate surface area is 118 Å². The molecule has 20 heavy (non-hydrogen) atoms. The van der Waals surface area contributed by atoms with Gasteiger partial charge in [-0.2, -0.15) is 0 Å². The number of hydrogen-bond acceptors (Lipinski definition) is 5. The number of amides is 2. The number of hydrogen-bond donors (Lipinski definition) is 0. The van der Waals surface area contributed by atoms with Gasteiger partial charge in [0.2, 0.25) is 5.91 Å². The highest BCUT2D eigenvalue weighted by Gasteiger charge is 2.16. The molecule has 0 unspecified atom stereocenters. The van der Waals surface area contributed by atoms with Crippen LogP contribution in [-0.2, 0) is 14.3 Å². The summed E-state index contributed by atoms with van der Waals surface area (Å²) in [5.74, 6) is -0.158. The van der Waals surface area contributed by atoms with Crippen LogP contribution in [0.2, 0.25) is 0 Å². The number of allylic oxidation sites excluding steroid dienone is 1. The quantitative estimate of drug-likeness (QED) is 0.574. The molecule has 112 valence electrons. The molecule has 0 aromatic carbocycles. The minimum atomic E-state index is -0.774. The Morgan fingerprint density at radius 2 is 1.80 bits per heavy atom. The number of carbonyl (C=O) groups is 2. The highest BCUT2D eigenvalue weighted by atomic mass is 16.6.